The Hall–Kier alpha value is -1.62. The summed E-state index contributed by atoms with van der Waals surface area (Å²) in [5, 5.41) is 3.27. The molecule has 0 unspecified atom stereocenters. The lowest BCUT2D eigenvalue weighted by molar-refractivity contribution is 0.523. The van der Waals surface area contributed by atoms with Crippen LogP contribution in [0, 0.1) is 0 Å². The third kappa shape index (κ3) is 2.95. The number of benzene rings is 2. The molecule has 0 fully saturated rings. The fraction of sp³-hybridized carbons (Fsp3) is 0.176. The van der Waals surface area contributed by atoms with Crippen LogP contribution >= 0.6 is 11.6 Å². The summed E-state index contributed by atoms with van der Waals surface area (Å²) >= 11 is 5.92. The van der Waals surface area contributed by atoms with Crippen LogP contribution in [0.4, 0.5) is 0 Å². The minimum atomic E-state index is -3.45. The van der Waals surface area contributed by atoms with Gasteiger partial charge in [-0.05, 0) is 29.8 Å². The third-order valence-electron chi connectivity index (χ3n) is 3.77. The maximum absolute atomic E-state index is 12.9. The Balaban J connectivity index is 2.01. The molecule has 0 saturated carbocycles. The molecule has 0 saturated heterocycles. The largest absolute Gasteiger partial charge is 0.305 e. The van der Waals surface area contributed by atoms with Crippen molar-refractivity contribution in [2.24, 2.45) is 0 Å². The highest BCUT2D eigenvalue weighted by Gasteiger charge is 2.34. The summed E-state index contributed by atoms with van der Waals surface area (Å²) in [4.78, 5) is 0.340. The lowest BCUT2D eigenvalue weighted by Crippen LogP contribution is -2.39. The van der Waals surface area contributed by atoms with Crippen LogP contribution < -0.4 is 5.32 Å². The first kappa shape index (κ1) is 15.3. The van der Waals surface area contributed by atoms with Gasteiger partial charge in [-0.2, -0.15) is 0 Å². The molecule has 3 nitrogen and oxygen atoms in total. The van der Waals surface area contributed by atoms with E-state index in [1.165, 1.54) is 0 Å². The highest BCUT2D eigenvalue weighted by Crippen LogP contribution is 2.30. The molecule has 2 aromatic rings. The molecule has 1 N–H and O–H groups in total. The number of hydrogen-bond acceptors (Lipinski definition) is 3. The van der Waals surface area contributed by atoms with E-state index in [1.54, 1.807) is 42.5 Å². The van der Waals surface area contributed by atoms with E-state index in [-0.39, 0.29) is 6.04 Å². The van der Waals surface area contributed by atoms with E-state index in [2.05, 4.69) is 5.32 Å². The van der Waals surface area contributed by atoms with Gasteiger partial charge < -0.3 is 5.32 Å². The molecule has 0 aliphatic carbocycles. The molecule has 114 valence electrons. The van der Waals surface area contributed by atoms with Gasteiger partial charge in [0.05, 0.1) is 10.9 Å². The van der Waals surface area contributed by atoms with Gasteiger partial charge in [-0.15, -0.1) is 0 Å². The van der Waals surface area contributed by atoms with Crippen molar-refractivity contribution in [2.75, 3.05) is 6.54 Å². The van der Waals surface area contributed by atoms with Gasteiger partial charge in [0.15, 0.2) is 9.84 Å². The average Bonchev–Trinajstić information content (AvgIpc) is 2.56. The van der Waals surface area contributed by atoms with E-state index < -0.39 is 15.1 Å². The number of halogens is 1. The normalized spacial score (nSPS) is 21.7. The molecule has 22 heavy (non-hydrogen) atoms. The zero-order valence-electron chi connectivity index (χ0n) is 11.8. The van der Waals surface area contributed by atoms with E-state index in [0.717, 1.165) is 5.56 Å². The first-order valence-corrected chi connectivity index (χ1v) is 8.96. The standard InChI is InChI=1S/C17H16ClNO2S/c18-14-10-8-13(9-11-14)17-16(7-4-12-19-17)22(20,21)15-5-2-1-3-6-15/h1-11,16-17,19H,12H2/t16-,17+/m0/s1. The predicted molar refractivity (Wildman–Crippen MR) is 88.8 cm³/mol. The van der Waals surface area contributed by atoms with Gasteiger partial charge in [0.2, 0.25) is 0 Å². The molecule has 0 aromatic heterocycles. The van der Waals surface area contributed by atoms with Crippen molar-refractivity contribution >= 4 is 21.4 Å². The number of hydrogen-bond donors (Lipinski definition) is 1. The summed E-state index contributed by atoms with van der Waals surface area (Å²) in [7, 11) is -3.45. The second-order valence-electron chi connectivity index (χ2n) is 5.19. The zero-order valence-corrected chi connectivity index (χ0v) is 13.4. The van der Waals surface area contributed by atoms with E-state index in [4.69, 9.17) is 11.6 Å². The molecule has 2 aromatic carbocycles. The first-order chi connectivity index (χ1) is 10.6. The molecule has 0 spiro atoms. The Labute approximate surface area is 135 Å². The molecule has 0 radical (unpaired) electrons. The Morgan fingerprint density at radius 1 is 1.00 bits per heavy atom. The Bertz CT molecular complexity index is 770. The van der Waals surface area contributed by atoms with Crippen LogP contribution in [-0.2, 0) is 9.84 Å². The zero-order chi connectivity index (χ0) is 15.6. The predicted octanol–water partition coefficient (Wildman–Crippen LogP) is 3.38. The van der Waals surface area contributed by atoms with Crippen molar-refractivity contribution in [1.29, 1.82) is 0 Å². The second-order valence-corrected chi connectivity index (χ2v) is 7.73. The highest BCUT2D eigenvalue weighted by molar-refractivity contribution is 7.92. The van der Waals surface area contributed by atoms with E-state index in [1.807, 2.05) is 24.3 Å². The van der Waals surface area contributed by atoms with Crippen LogP contribution in [0.15, 0.2) is 71.6 Å². The van der Waals surface area contributed by atoms with Crippen LogP contribution in [0.25, 0.3) is 0 Å². The molecule has 0 amide bonds. The van der Waals surface area contributed by atoms with Crippen LogP contribution in [0.3, 0.4) is 0 Å². The molecule has 5 heteroatoms. The van der Waals surface area contributed by atoms with Crippen molar-refractivity contribution in [3.8, 4) is 0 Å². The van der Waals surface area contributed by atoms with Gasteiger partial charge in [-0.1, -0.05) is 54.1 Å². The van der Waals surface area contributed by atoms with Crippen molar-refractivity contribution in [3.63, 3.8) is 0 Å². The fourth-order valence-electron chi connectivity index (χ4n) is 2.65. The van der Waals surface area contributed by atoms with Crippen LogP contribution in [0.2, 0.25) is 5.02 Å². The van der Waals surface area contributed by atoms with Gasteiger partial charge in [-0.25, -0.2) is 8.42 Å². The lowest BCUT2D eigenvalue weighted by Gasteiger charge is -2.29. The number of sulfone groups is 1. The SMILES string of the molecule is O=S(=O)(c1ccccc1)[C@H]1C=CCN[C@@H]1c1ccc(Cl)cc1. The third-order valence-corrected chi connectivity index (χ3v) is 6.10. The Kier molecular flexibility index (Phi) is 4.34. The maximum atomic E-state index is 12.9. The molecule has 1 aliphatic rings. The summed E-state index contributed by atoms with van der Waals surface area (Å²) in [6, 6.07) is 15.6. The smallest absolute Gasteiger partial charge is 0.186 e. The molecule has 2 atom stereocenters. The van der Waals surface area contributed by atoms with Gasteiger partial charge in [0, 0.05) is 11.6 Å². The summed E-state index contributed by atoms with van der Waals surface area (Å²) in [6.45, 7) is 0.647. The van der Waals surface area contributed by atoms with E-state index >= 15 is 0 Å². The van der Waals surface area contributed by atoms with Crippen LogP contribution in [0.5, 0.6) is 0 Å². The van der Waals surface area contributed by atoms with E-state index in [9.17, 15) is 8.42 Å². The molecule has 1 heterocycles. The highest BCUT2D eigenvalue weighted by atomic mass is 35.5. The topological polar surface area (TPSA) is 46.2 Å². The molecular formula is C17H16ClNO2S. The van der Waals surface area contributed by atoms with Crippen molar-refractivity contribution in [1.82, 2.24) is 5.32 Å². The summed E-state index contributed by atoms with van der Waals surface area (Å²) in [5.41, 5.74) is 0.915. The van der Waals surface area contributed by atoms with Gasteiger partial charge in [-0.3, -0.25) is 0 Å². The number of rotatable bonds is 3. The monoisotopic (exact) mass is 333 g/mol. The van der Waals surface area contributed by atoms with Crippen molar-refractivity contribution in [3.05, 3.63) is 77.3 Å². The average molecular weight is 334 g/mol. The Morgan fingerprint density at radius 3 is 2.36 bits per heavy atom. The van der Waals surface area contributed by atoms with Crippen LogP contribution in [0.1, 0.15) is 11.6 Å². The molecular weight excluding hydrogens is 318 g/mol. The second kappa shape index (κ2) is 6.24. The van der Waals surface area contributed by atoms with Gasteiger partial charge in [0.25, 0.3) is 0 Å². The summed E-state index contributed by atoms with van der Waals surface area (Å²) < 4.78 is 25.8. The van der Waals surface area contributed by atoms with E-state index in [0.29, 0.717) is 16.5 Å². The van der Waals surface area contributed by atoms with Gasteiger partial charge >= 0.3 is 0 Å². The maximum Gasteiger partial charge on any atom is 0.186 e. The first-order valence-electron chi connectivity index (χ1n) is 7.03. The number of nitrogens with one attached hydrogen (secondary N) is 1. The summed E-state index contributed by atoms with van der Waals surface area (Å²) in [5.74, 6) is 0. The lowest BCUT2D eigenvalue weighted by atomic mass is 10.0. The molecule has 1 aliphatic heterocycles. The molecule has 0 bridgehead atoms. The minimum absolute atomic E-state index is 0.285. The summed E-state index contributed by atoms with van der Waals surface area (Å²) in [6.07, 6.45) is 3.63. The van der Waals surface area contributed by atoms with Crippen molar-refractivity contribution in [2.45, 2.75) is 16.2 Å². The Morgan fingerprint density at radius 2 is 1.68 bits per heavy atom. The van der Waals surface area contributed by atoms with Crippen molar-refractivity contribution < 1.29 is 8.42 Å². The van der Waals surface area contributed by atoms with Gasteiger partial charge in [0.1, 0.15) is 5.25 Å². The molecule has 3 rings (SSSR count). The minimum Gasteiger partial charge on any atom is -0.305 e. The quantitative estimate of drug-likeness (QED) is 0.876. The fourth-order valence-corrected chi connectivity index (χ4v) is 4.56. The van der Waals surface area contributed by atoms with Crippen LogP contribution in [-0.4, -0.2) is 20.2 Å².